The first-order chi connectivity index (χ1) is 6.99. The van der Waals surface area contributed by atoms with Crippen LogP contribution in [0, 0.1) is 0 Å². The first-order valence-electron chi connectivity index (χ1n) is 6.07. The van der Waals surface area contributed by atoms with Crippen LogP contribution in [0.25, 0.3) is 0 Å². The quantitative estimate of drug-likeness (QED) is 0.656. The molecule has 16 heavy (non-hydrogen) atoms. The molecule has 1 rings (SSSR count). The van der Waals surface area contributed by atoms with E-state index in [4.69, 9.17) is 0 Å². The van der Waals surface area contributed by atoms with Gasteiger partial charge in [0.05, 0.1) is 27.7 Å². The molecule has 1 amide bonds. The normalized spacial score (nSPS) is 17.9. The van der Waals surface area contributed by atoms with Crippen LogP contribution in [0.5, 0.6) is 0 Å². The van der Waals surface area contributed by atoms with Crippen LogP contribution in [0.1, 0.15) is 32.1 Å². The summed E-state index contributed by atoms with van der Waals surface area (Å²) in [7, 11) is 6.60. The number of rotatable bonds is 4. The summed E-state index contributed by atoms with van der Waals surface area (Å²) in [5, 5.41) is 0. The van der Waals surface area contributed by atoms with E-state index in [2.05, 4.69) is 26.0 Å². The third kappa shape index (κ3) is 6.08. The summed E-state index contributed by atoms with van der Waals surface area (Å²) >= 11 is 0. The van der Waals surface area contributed by atoms with Gasteiger partial charge in [0.1, 0.15) is 0 Å². The fourth-order valence-corrected chi connectivity index (χ4v) is 2.01. The molecule has 0 aliphatic carbocycles. The minimum atomic E-state index is 0. The number of carbonyl (C=O) groups is 1. The van der Waals surface area contributed by atoms with Gasteiger partial charge in [-0.3, -0.25) is 4.79 Å². The summed E-state index contributed by atoms with van der Waals surface area (Å²) in [6.45, 7) is 3.08. The average molecular weight is 231 g/mol. The molecule has 1 fully saturated rings. The standard InChI is InChI=1S/C12H25N2O.H2O/c1-14(2,3)11-7-10-13-9-6-4-5-8-12(13)15;/h4-11H2,1-3H3;1H2/q+1;. The lowest BCUT2D eigenvalue weighted by Crippen LogP contribution is -2.38. The Bertz CT molecular complexity index is 212. The van der Waals surface area contributed by atoms with Gasteiger partial charge in [-0.25, -0.2) is 0 Å². The molecule has 4 nitrogen and oxygen atoms in total. The van der Waals surface area contributed by atoms with Crippen molar-refractivity contribution in [1.29, 1.82) is 0 Å². The Kier molecular flexibility index (Phi) is 6.60. The zero-order valence-electron chi connectivity index (χ0n) is 11.0. The molecule has 1 aliphatic heterocycles. The third-order valence-corrected chi connectivity index (χ3v) is 2.93. The van der Waals surface area contributed by atoms with Gasteiger partial charge in [0.25, 0.3) is 0 Å². The molecule has 0 unspecified atom stereocenters. The molecule has 1 aliphatic rings. The van der Waals surface area contributed by atoms with Crippen LogP contribution < -0.4 is 0 Å². The topological polar surface area (TPSA) is 51.8 Å². The highest BCUT2D eigenvalue weighted by Crippen LogP contribution is 2.11. The van der Waals surface area contributed by atoms with Gasteiger partial charge in [-0.05, 0) is 12.8 Å². The number of quaternary nitrogens is 1. The Morgan fingerprint density at radius 2 is 1.88 bits per heavy atom. The van der Waals surface area contributed by atoms with Crippen molar-refractivity contribution in [3.05, 3.63) is 0 Å². The Labute approximate surface area is 99.1 Å². The molecule has 0 aromatic rings. The van der Waals surface area contributed by atoms with Gasteiger partial charge in [0.15, 0.2) is 0 Å². The van der Waals surface area contributed by atoms with Gasteiger partial charge in [-0.15, -0.1) is 0 Å². The van der Waals surface area contributed by atoms with Crippen molar-refractivity contribution >= 4 is 5.91 Å². The Balaban J connectivity index is 0.00000225. The van der Waals surface area contributed by atoms with Gasteiger partial charge in [0.2, 0.25) is 5.91 Å². The maximum Gasteiger partial charge on any atom is 0.222 e. The lowest BCUT2D eigenvalue weighted by molar-refractivity contribution is -0.870. The highest BCUT2D eigenvalue weighted by Gasteiger charge is 2.17. The smallest absolute Gasteiger partial charge is 0.222 e. The molecule has 0 atom stereocenters. The van der Waals surface area contributed by atoms with E-state index < -0.39 is 0 Å². The van der Waals surface area contributed by atoms with Gasteiger partial charge >= 0.3 is 0 Å². The van der Waals surface area contributed by atoms with Gasteiger partial charge in [-0.1, -0.05) is 6.42 Å². The first-order valence-corrected chi connectivity index (χ1v) is 6.07. The highest BCUT2D eigenvalue weighted by molar-refractivity contribution is 5.76. The van der Waals surface area contributed by atoms with Crippen LogP contribution in [0.15, 0.2) is 0 Å². The summed E-state index contributed by atoms with van der Waals surface area (Å²) in [6, 6.07) is 0. The van der Waals surface area contributed by atoms with Crippen LogP contribution in [0.2, 0.25) is 0 Å². The molecule has 0 bridgehead atoms. The largest absolute Gasteiger partial charge is 0.412 e. The van der Waals surface area contributed by atoms with Crippen molar-refractivity contribution in [1.82, 2.24) is 4.90 Å². The van der Waals surface area contributed by atoms with E-state index in [1.807, 2.05) is 0 Å². The van der Waals surface area contributed by atoms with E-state index in [9.17, 15) is 4.79 Å². The summed E-state index contributed by atoms with van der Waals surface area (Å²) in [4.78, 5) is 13.7. The third-order valence-electron chi connectivity index (χ3n) is 2.93. The summed E-state index contributed by atoms with van der Waals surface area (Å²) in [5.41, 5.74) is 0. The van der Waals surface area contributed by atoms with Gasteiger partial charge in [-0.2, -0.15) is 0 Å². The van der Waals surface area contributed by atoms with Crippen molar-refractivity contribution in [2.45, 2.75) is 32.1 Å². The second-order valence-electron chi connectivity index (χ2n) is 5.56. The first kappa shape index (κ1) is 15.4. The number of nitrogens with zero attached hydrogens (tertiary/aromatic N) is 2. The highest BCUT2D eigenvalue weighted by atomic mass is 16.2. The molecule has 96 valence electrons. The molecule has 0 spiro atoms. The van der Waals surface area contributed by atoms with Crippen LogP contribution in [0.3, 0.4) is 0 Å². The van der Waals surface area contributed by atoms with Crippen molar-refractivity contribution < 1.29 is 14.8 Å². The molecule has 0 aromatic carbocycles. The lowest BCUT2D eigenvalue weighted by atomic mass is 10.2. The van der Waals surface area contributed by atoms with Crippen LogP contribution >= 0.6 is 0 Å². The maximum atomic E-state index is 11.7. The summed E-state index contributed by atoms with van der Waals surface area (Å²) < 4.78 is 0.988. The van der Waals surface area contributed by atoms with Crippen molar-refractivity contribution in [3.63, 3.8) is 0 Å². The SMILES string of the molecule is C[N+](C)(C)CCCN1CCCCCC1=O.O. The fraction of sp³-hybridized carbons (Fsp3) is 0.917. The zero-order valence-corrected chi connectivity index (χ0v) is 11.0. The monoisotopic (exact) mass is 231 g/mol. The second-order valence-corrected chi connectivity index (χ2v) is 5.56. The molecule has 1 saturated heterocycles. The minimum absolute atomic E-state index is 0. The van der Waals surface area contributed by atoms with Crippen molar-refractivity contribution in [3.8, 4) is 0 Å². The summed E-state index contributed by atoms with van der Waals surface area (Å²) in [6.07, 6.45) is 5.39. The molecule has 0 radical (unpaired) electrons. The maximum absolute atomic E-state index is 11.7. The van der Waals surface area contributed by atoms with Crippen LogP contribution in [0.4, 0.5) is 0 Å². The van der Waals surface area contributed by atoms with Crippen molar-refractivity contribution in [2.75, 3.05) is 40.8 Å². The van der Waals surface area contributed by atoms with Crippen LogP contribution in [-0.2, 0) is 4.79 Å². The zero-order chi connectivity index (χ0) is 11.3. The predicted octanol–water partition coefficient (Wildman–Crippen LogP) is 0.661. The molecule has 0 saturated carbocycles. The molecule has 4 heteroatoms. The molecule has 1 heterocycles. The number of likely N-dealkylation sites (tertiary alicyclic amines) is 1. The van der Waals surface area contributed by atoms with E-state index in [1.165, 1.54) is 12.8 Å². The Hall–Kier alpha value is -0.610. The number of carbonyl (C=O) groups excluding carboxylic acids is 1. The Morgan fingerprint density at radius 3 is 2.50 bits per heavy atom. The molecule has 0 aromatic heterocycles. The van der Waals surface area contributed by atoms with Crippen LogP contribution in [-0.4, -0.2) is 61.5 Å². The minimum Gasteiger partial charge on any atom is -0.412 e. The van der Waals surface area contributed by atoms with E-state index >= 15 is 0 Å². The van der Waals surface area contributed by atoms with Gasteiger partial charge in [0, 0.05) is 25.9 Å². The average Bonchev–Trinajstić information content (AvgIpc) is 2.30. The Morgan fingerprint density at radius 1 is 1.19 bits per heavy atom. The van der Waals surface area contributed by atoms with E-state index in [-0.39, 0.29) is 5.48 Å². The molecular weight excluding hydrogens is 204 g/mol. The second kappa shape index (κ2) is 6.86. The van der Waals surface area contributed by atoms with E-state index in [0.29, 0.717) is 5.91 Å². The molecular formula is C12H27N2O2+. The number of hydrogen-bond acceptors (Lipinski definition) is 1. The molecule has 2 N–H and O–H groups in total. The predicted molar refractivity (Wildman–Crippen MR) is 66.2 cm³/mol. The lowest BCUT2D eigenvalue weighted by Gasteiger charge is -2.26. The number of hydrogen-bond donors (Lipinski definition) is 0. The van der Waals surface area contributed by atoms with Crippen molar-refractivity contribution in [2.24, 2.45) is 0 Å². The van der Waals surface area contributed by atoms with E-state index in [0.717, 1.165) is 43.4 Å². The number of amides is 1. The summed E-state index contributed by atoms with van der Waals surface area (Å²) in [5.74, 6) is 0.369. The fourth-order valence-electron chi connectivity index (χ4n) is 2.01. The van der Waals surface area contributed by atoms with E-state index in [1.54, 1.807) is 0 Å². The van der Waals surface area contributed by atoms with Gasteiger partial charge < -0.3 is 14.9 Å².